The molecule has 3 aromatic rings. The van der Waals surface area contributed by atoms with E-state index in [0.717, 1.165) is 12.1 Å². The predicted octanol–water partition coefficient (Wildman–Crippen LogP) is 4.49. The van der Waals surface area contributed by atoms with Crippen molar-refractivity contribution in [1.29, 1.82) is 0 Å². The van der Waals surface area contributed by atoms with Gasteiger partial charge in [-0.15, -0.1) is 0 Å². The molecule has 1 aliphatic heterocycles. The van der Waals surface area contributed by atoms with Gasteiger partial charge in [0.25, 0.3) is 0 Å². The van der Waals surface area contributed by atoms with Crippen LogP contribution in [0.1, 0.15) is 17.5 Å². The Bertz CT molecular complexity index is 1000. The van der Waals surface area contributed by atoms with Crippen LogP contribution in [0.15, 0.2) is 54.6 Å². The normalized spacial score (nSPS) is 20.4. The summed E-state index contributed by atoms with van der Waals surface area (Å²) >= 11 is 0. The van der Waals surface area contributed by atoms with E-state index in [1.807, 2.05) is 0 Å². The zero-order valence-corrected chi connectivity index (χ0v) is 14.2. The number of anilines is 1. The van der Waals surface area contributed by atoms with Crippen molar-refractivity contribution < 1.29 is 22.7 Å². The standard InChI is InChI=1S/C20H16F4N2O/c21-16-3-1-2-14(10-16)19(27)8-9-26(12-19)18-7-5-13-4-6-15(20(22,23)24)11-17(13)25-18/h1-7,10-11,27H,8-9,12H2. The number of aromatic nitrogens is 1. The third-order valence-electron chi connectivity index (χ3n) is 4.94. The van der Waals surface area contributed by atoms with Gasteiger partial charge in [0, 0.05) is 11.9 Å². The van der Waals surface area contributed by atoms with Gasteiger partial charge in [-0.3, -0.25) is 0 Å². The summed E-state index contributed by atoms with van der Waals surface area (Å²) in [6.07, 6.45) is -4.06. The van der Waals surface area contributed by atoms with Crippen LogP contribution in [0.5, 0.6) is 0 Å². The molecule has 2 heterocycles. The Morgan fingerprint density at radius 2 is 1.81 bits per heavy atom. The predicted molar refractivity (Wildman–Crippen MR) is 93.9 cm³/mol. The summed E-state index contributed by atoms with van der Waals surface area (Å²) in [5, 5.41) is 11.5. The molecule has 27 heavy (non-hydrogen) atoms. The summed E-state index contributed by atoms with van der Waals surface area (Å²) in [4.78, 5) is 6.15. The molecule has 4 rings (SSSR count). The maximum absolute atomic E-state index is 13.5. The van der Waals surface area contributed by atoms with Crippen molar-refractivity contribution in [1.82, 2.24) is 4.98 Å². The summed E-state index contributed by atoms with van der Waals surface area (Å²) in [5.41, 5.74) is -1.27. The second-order valence-corrected chi connectivity index (χ2v) is 6.79. The second-order valence-electron chi connectivity index (χ2n) is 6.79. The van der Waals surface area contributed by atoms with Gasteiger partial charge in [0.05, 0.1) is 17.6 Å². The third kappa shape index (κ3) is 3.35. The van der Waals surface area contributed by atoms with Crippen molar-refractivity contribution in [2.24, 2.45) is 0 Å². The molecule has 1 saturated heterocycles. The average Bonchev–Trinajstić information content (AvgIpc) is 3.04. The highest BCUT2D eigenvalue weighted by molar-refractivity contribution is 5.81. The fraction of sp³-hybridized carbons (Fsp3) is 0.250. The SMILES string of the molecule is OC1(c2cccc(F)c2)CCN(c2ccc3ccc(C(F)(F)F)cc3n2)C1. The zero-order chi connectivity index (χ0) is 19.2. The minimum Gasteiger partial charge on any atom is -0.383 e. The molecule has 1 aliphatic rings. The number of nitrogens with zero attached hydrogens (tertiary/aromatic N) is 2. The van der Waals surface area contributed by atoms with Gasteiger partial charge in [-0.1, -0.05) is 18.2 Å². The van der Waals surface area contributed by atoms with Gasteiger partial charge >= 0.3 is 6.18 Å². The molecule has 0 saturated carbocycles. The summed E-state index contributed by atoms with van der Waals surface area (Å²) in [7, 11) is 0. The first-order chi connectivity index (χ1) is 12.7. The van der Waals surface area contributed by atoms with Crippen molar-refractivity contribution >= 4 is 16.7 Å². The molecule has 1 unspecified atom stereocenters. The second kappa shape index (κ2) is 6.20. The Morgan fingerprint density at radius 1 is 1.04 bits per heavy atom. The van der Waals surface area contributed by atoms with E-state index in [1.165, 1.54) is 24.3 Å². The largest absolute Gasteiger partial charge is 0.416 e. The summed E-state index contributed by atoms with van der Waals surface area (Å²) < 4.78 is 52.3. The first-order valence-electron chi connectivity index (χ1n) is 8.46. The smallest absolute Gasteiger partial charge is 0.383 e. The fourth-order valence-electron chi connectivity index (χ4n) is 3.46. The van der Waals surface area contributed by atoms with Gasteiger partial charge in [-0.2, -0.15) is 13.2 Å². The number of aliphatic hydroxyl groups is 1. The van der Waals surface area contributed by atoms with E-state index in [1.54, 1.807) is 23.1 Å². The number of fused-ring (bicyclic) bond motifs is 1. The molecule has 0 radical (unpaired) electrons. The molecule has 0 amide bonds. The lowest BCUT2D eigenvalue weighted by atomic mass is 9.93. The van der Waals surface area contributed by atoms with Gasteiger partial charge in [0.1, 0.15) is 17.2 Å². The Labute approximate surface area is 152 Å². The van der Waals surface area contributed by atoms with Crippen LogP contribution < -0.4 is 4.90 Å². The van der Waals surface area contributed by atoms with Crippen molar-refractivity contribution in [3.63, 3.8) is 0 Å². The van der Waals surface area contributed by atoms with E-state index < -0.39 is 23.2 Å². The Hall–Kier alpha value is -2.67. The number of β-amino-alcohol motifs (C(OH)–C–C–N with tert-alkyl or cyclic N) is 1. The molecule has 1 atom stereocenters. The number of halogens is 4. The van der Waals surface area contributed by atoms with Gasteiger partial charge in [-0.25, -0.2) is 9.37 Å². The molecule has 1 fully saturated rings. The van der Waals surface area contributed by atoms with Crippen LogP contribution in [0.25, 0.3) is 10.9 Å². The first kappa shape index (κ1) is 17.7. The maximum atomic E-state index is 13.5. The molecule has 140 valence electrons. The lowest BCUT2D eigenvalue weighted by Gasteiger charge is -2.24. The van der Waals surface area contributed by atoms with Crippen LogP contribution in [0.2, 0.25) is 0 Å². The van der Waals surface area contributed by atoms with Crippen molar-refractivity contribution in [2.45, 2.75) is 18.2 Å². The highest BCUT2D eigenvalue weighted by Gasteiger charge is 2.38. The third-order valence-corrected chi connectivity index (χ3v) is 4.94. The fourth-order valence-corrected chi connectivity index (χ4v) is 3.46. The molecular weight excluding hydrogens is 360 g/mol. The topological polar surface area (TPSA) is 36.4 Å². The van der Waals surface area contributed by atoms with Crippen LogP contribution in [0, 0.1) is 5.82 Å². The molecule has 7 heteroatoms. The van der Waals surface area contributed by atoms with Crippen LogP contribution in [0.3, 0.4) is 0 Å². The maximum Gasteiger partial charge on any atom is 0.416 e. The van der Waals surface area contributed by atoms with Crippen LogP contribution >= 0.6 is 0 Å². The lowest BCUT2D eigenvalue weighted by molar-refractivity contribution is -0.137. The van der Waals surface area contributed by atoms with E-state index in [-0.39, 0.29) is 12.1 Å². The number of pyridine rings is 1. The van der Waals surface area contributed by atoms with E-state index in [0.29, 0.717) is 29.7 Å². The average molecular weight is 376 g/mol. The molecule has 1 aromatic heterocycles. The number of hydrogen-bond acceptors (Lipinski definition) is 3. The van der Waals surface area contributed by atoms with Crippen LogP contribution in [-0.4, -0.2) is 23.2 Å². The molecule has 1 N–H and O–H groups in total. The summed E-state index contributed by atoms with van der Waals surface area (Å²) in [5.74, 6) is 0.0528. The van der Waals surface area contributed by atoms with Crippen molar-refractivity contribution in [2.75, 3.05) is 18.0 Å². The summed E-state index contributed by atoms with van der Waals surface area (Å²) in [6, 6.07) is 12.7. The monoisotopic (exact) mass is 376 g/mol. The molecule has 0 aliphatic carbocycles. The Kier molecular flexibility index (Phi) is 4.07. The van der Waals surface area contributed by atoms with E-state index in [2.05, 4.69) is 4.98 Å². The first-order valence-corrected chi connectivity index (χ1v) is 8.46. The number of hydrogen-bond donors (Lipinski definition) is 1. The zero-order valence-electron chi connectivity index (χ0n) is 14.2. The Balaban J connectivity index is 1.65. The van der Waals surface area contributed by atoms with Gasteiger partial charge in [-0.05, 0) is 48.4 Å². The van der Waals surface area contributed by atoms with Gasteiger partial charge in [0.15, 0.2) is 0 Å². The van der Waals surface area contributed by atoms with E-state index in [9.17, 15) is 22.7 Å². The summed E-state index contributed by atoms with van der Waals surface area (Å²) in [6.45, 7) is 0.651. The van der Waals surface area contributed by atoms with E-state index >= 15 is 0 Å². The molecule has 0 bridgehead atoms. The van der Waals surface area contributed by atoms with Crippen molar-refractivity contribution in [3.8, 4) is 0 Å². The molecule has 2 aromatic carbocycles. The quantitative estimate of drug-likeness (QED) is 0.670. The highest BCUT2D eigenvalue weighted by atomic mass is 19.4. The number of alkyl halides is 3. The minimum absolute atomic E-state index is 0.188. The van der Waals surface area contributed by atoms with E-state index in [4.69, 9.17) is 0 Å². The molecular formula is C20H16F4N2O. The number of rotatable bonds is 2. The van der Waals surface area contributed by atoms with Crippen LogP contribution in [-0.2, 0) is 11.8 Å². The van der Waals surface area contributed by atoms with Gasteiger partial charge < -0.3 is 10.0 Å². The van der Waals surface area contributed by atoms with Crippen molar-refractivity contribution in [3.05, 3.63) is 71.5 Å². The Morgan fingerprint density at radius 3 is 2.56 bits per heavy atom. The van der Waals surface area contributed by atoms with Gasteiger partial charge in [0.2, 0.25) is 0 Å². The van der Waals surface area contributed by atoms with Crippen LogP contribution in [0.4, 0.5) is 23.4 Å². The highest BCUT2D eigenvalue weighted by Crippen LogP contribution is 2.35. The molecule has 0 spiro atoms. The number of benzene rings is 2. The lowest BCUT2D eigenvalue weighted by Crippen LogP contribution is -2.31. The molecule has 3 nitrogen and oxygen atoms in total. The minimum atomic E-state index is -4.43.